The van der Waals surface area contributed by atoms with Crippen molar-refractivity contribution in [3.63, 3.8) is 0 Å². The standard InChI is InChI=1S/Al.Ba.Ca.Sc.4H/q;2*+2;;4*-1. The van der Waals surface area contributed by atoms with E-state index >= 15 is 0 Å². The van der Waals surface area contributed by atoms with Crippen LogP contribution in [0.5, 0.6) is 0 Å². The van der Waals surface area contributed by atoms with E-state index in [2.05, 4.69) is 0 Å². The van der Waals surface area contributed by atoms with Crippen molar-refractivity contribution >= 4 is 104 Å². The van der Waals surface area contributed by atoms with Crippen LogP contribution in [0.4, 0.5) is 0 Å². The molecule has 0 unspecified atom stereocenters. The minimum absolute atomic E-state index is 0. The molecule has 0 aliphatic carbocycles. The molecule has 0 aromatic heterocycles. The molecule has 4 heteroatoms. The van der Waals surface area contributed by atoms with Gasteiger partial charge in [-0.15, -0.1) is 0 Å². The van der Waals surface area contributed by atoms with Gasteiger partial charge in [0, 0.05) is 43.2 Å². The molecule has 0 aromatic rings. The first-order valence-corrected chi connectivity index (χ1v) is 0. The van der Waals surface area contributed by atoms with Crippen LogP contribution in [-0.4, -0.2) is 104 Å². The van der Waals surface area contributed by atoms with Gasteiger partial charge in [-0.05, 0) is 0 Å². The fourth-order valence-corrected chi connectivity index (χ4v) is 0. The topological polar surface area (TPSA) is 0 Å². The Hall–Kier alpha value is 4.23. The predicted octanol–water partition coefficient (Wildman–Crippen LogP) is -0.695. The summed E-state index contributed by atoms with van der Waals surface area (Å²) in [5.41, 5.74) is 0. The van der Waals surface area contributed by atoms with E-state index in [4.69, 9.17) is 0 Å². The van der Waals surface area contributed by atoms with Gasteiger partial charge >= 0.3 is 86.6 Å². The summed E-state index contributed by atoms with van der Waals surface area (Å²) in [7, 11) is 0. The van der Waals surface area contributed by atoms with Crippen LogP contribution in [0, 0.1) is 0 Å². The second-order valence-corrected chi connectivity index (χ2v) is 0. The molecule has 14 valence electrons. The molecular formula is H4AlBaCaSc. The third-order valence-corrected chi connectivity index (χ3v) is 0. The first-order valence-electron chi connectivity index (χ1n) is 0. The van der Waals surface area contributed by atoms with Crippen LogP contribution < -0.4 is 0 Å². The summed E-state index contributed by atoms with van der Waals surface area (Å²) in [6, 6.07) is 0. The number of rotatable bonds is 0. The second-order valence-electron chi connectivity index (χ2n) is 0. The summed E-state index contributed by atoms with van der Waals surface area (Å²) in [5.74, 6) is 0. The summed E-state index contributed by atoms with van der Waals surface area (Å²) in [5, 5.41) is 0. The fraction of sp³-hybridized carbons (Fsp3) is 0. The summed E-state index contributed by atoms with van der Waals surface area (Å²) in [6.45, 7) is 0. The minimum Gasteiger partial charge on any atom is -1.00 e. The van der Waals surface area contributed by atoms with E-state index in [-0.39, 0.29) is 136 Å². The third-order valence-electron chi connectivity index (χ3n) is 0. The van der Waals surface area contributed by atoms with E-state index in [1.165, 1.54) is 0 Å². The maximum atomic E-state index is 0. The molecule has 4 heavy (non-hydrogen) atoms. The van der Waals surface area contributed by atoms with Gasteiger partial charge in [0.05, 0.1) is 0 Å². The van der Waals surface area contributed by atoms with Crippen molar-refractivity contribution < 1.29 is 31.5 Å². The van der Waals surface area contributed by atoms with Crippen LogP contribution in [0.2, 0.25) is 0 Å². The van der Waals surface area contributed by atoms with Crippen molar-refractivity contribution in [3.05, 3.63) is 0 Å². The number of hydrogen-bond acceptors (Lipinski definition) is 0. The predicted molar refractivity (Wildman–Crippen MR) is 21.7 cm³/mol. The Bertz CT molecular complexity index is 16.0. The van der Waals surface area contributed by atoms with Crippen molar-refractivity contribution in [2.45, 2.75) is 0 Å². The monoisotopic (exact) mass is 254 g/mol. The van der Waals surface area contributed by atoms with Gasteiger partial charge in [0.25, 0.3) is 0 Å². The zero-order chi connectivity index (χ0) is 0. The number of hydrogen-bond donors (Lipinski definition) is 0. The molecule has 0 nitrogen and oxygen atoms in total. The zero-order valence-electron chi connectivity index (χ0n) is 6.57. The van der Waals surface area contributed by atoms with Crippen molar-refractivity contribution in [3.8, 4) is 0 Å². The van der Waals surface area contributed by atoms with E-state index < -0.39 is 0 Å². The first kappa shape index (κ1) is 24.0. The van der Waals surface area contributed by atoms with E-state index in [0.29, 0.717) is 0 Å². The molecule has 0 aliphatic heterocycles. The van der Waals surface area contributed by atoms with Crippen LogP contribution in [0.3, 0.4) is 0 Å². The Morgan fingerprint density at radius 2 is 1.25 bits per heavy atom. The Labute approximate surface area is 132 Å². The Morgan fingerprint density at radius 3 is 1.25 bits per heavy atom. The smallest absolute Gasteiger partial charge is 1.00 e. The van der Waals surface area contributed by atoms with E-state index in [1.54, 1.807) is 0 Å². The van der Waals surface area contributed by atoms with Crippen molar-refractivity contribution in [2.75, 3.05) is 0 Å². The molecular weight excluding hydrogens is 249 g/mol. The van der Waals surface area contributed by atoms with Gasteiger partial charge in [-0.2, -0.15) is 0 Å². The third kappa shape index (κ3) is 9.53. The largest absolute Gasteiger partial charge is 2.00 e. The van der Waals surface area contributed by atoms with Crippen LogP contribution in [-0.2, 0) is 25.8 Å². The Morgan fingerprint density at radius 1 is 1.25 bits per heavy atom. The molecule has 0 aliphatic rings. The first-order chi connectivity index (χ1) is 0. The van der Waals surface area contributed by atoms with Crippen LogP contribution >= 0.6 is 0 Å². The Kier molecular flexibility index (Phi) is 94.2. The molecule has 0 heterocycles. The quantitative estimate of drug-likeness (QED) is 0.501. The summed E-state index contributed by atoms with van der Waals surface area (Å²) in [4.78, 5) is 0. The molecule has 0 atom stereocenters. The summed E-state index contributed by atoms with van der Waals surface area (Å²) < 4.78 is 0. The molecule has 0 saturated heterocycles. The van der Waals surface area contributed by atoms with Gasteiger partial charge in [0.15, 0.2) is 0 Å². The van der Waals surface area contributed by atoms with E-state index in [1.807, 2.05) is 0 Å². The summed E-state index contributed by atoms with van der Waals surface area (Å²) >= 11 is 0. The van der Waals surface area contributed by atoms with Crippen molar-refractivity contribution in [2.24, 2.45) is 0 Å². The van der Waals surface area contributed by atoms with Gasteiger partial charge < -0.3 is 5.71 Å². The van der Waals surface area contributed by atoms with E-state index in [0.717, 1.165) is 0 Å². The van der Waals surface area contributed by atoms with Gasteiger partial charge in [0.2, 0.25) is 0 Å². The van der Waals surface area contributed by atoms with E-state index in [9.17, 15) is 0 Å². The van der Waals surface area contributed by atoms with Crippen molar-refractivity contribution in [1.82, 2.24) is 0 Å². The maximum absolute atomic E-state index is 0. The van der Waals surface area contributed by atoms with Gasteiger partial charge in [-0.1, -0.05) is 0 Å². The molecule has 0 amide bonds. The molecule has 0 rings (SSSR count). The molecule has 0 bridgehead atoms. The van der Waals surface area contributed by atoms with Gasteiger partial charge in [-0.25, -0.2) is 0 Å². The Balaban J connectivity index is 0. The van der Waals surface area contributed by atoms with Crippen LogP contribution in [0.15, 0.2) is 0 Å². The molecule has 0 aromatic carbocycles. The average Bonchev–Trinajstić information content (AvgIpc) is 0. The van der Waals surface area contributed by atoms with Gasteiger partial charge in [-0.3, -0.25) is 0 Å². The second kappa shape index (κ2) is 15.7. The molecule has 0 spiro atoms. The average molecular weight is 253 g/mol. The van der Waals surface area contributed by atoms with Crippen LogP contribution in [0.25, 0.3) is 0 Å². The molecule has 4 radical (unpaired) electrons. The maximum Gasteiger partial charge on any atom is 2.00 e. The normalized spacial score (nSPS) is 0. The SMILES string of the molecule is [Al].[Ba+2].[Ca+2].[H-].[H-].[H-].[H-].[Sc]. The zero-order valence-corrected chi connectivity index (χ0v) is 12.2. The molecule has 0 fully saturated rings. The summed E-state index contributed by atoms with van der Waals surface area (Å²) in [6.07, 6.45) is 0. The minimum atomic E-state index is 0. The molecule has 0 saturated carbocycles. The van der Waals surface area contributed by atoms with Crippen LogP contribution in [0.1, 0.15) is 5.71 Å². The fourth-order valence-electron chi connectivity index (χ4n) is 0. The van der Waals surface area contributed by atoms with Gasteiger partial charge in [0.1, 0.15) is 0 Å². The van der Waals surface area contributed by atoms with Crippen molar-refractivity contribution in [1.29, 1.82) is 0 Å². The molecule has 0 N–H and O–H groups in total.